The molecule has 1 fully saturated rings. The largest absolute Gasteiger partial charge is 0.306 e. The zero-order chi connectivity index (χ0) is 16.9. The zero-order valence-electron chi connectivity index (χ0n) is 14.1. The molecule has 2 nitrogen and oxygen atoms in total. The van der Waals surface area contributed by atoms with Crippen molar-refractivity contribution in [2.75, 3.05) is 16.4 Å². The normalized spacial score (nSPS) is 15.5. The highest BCUT2D eigenvalue weighted by Gasteiger charge is 2.21. The second-order valence-corrected chi connectivity index (χ2v) is 8.88. The van der Waals surface area contributed by atoms with E-state index < -0.39 is 0 Å². The van der Waals surface area contributed by atoms with Crippen molar-refractivity contribution in [3.05, 3.63) is 65.7 Å². The summed E-state index contributed by atoms with van der Waals surface area (Å²) in [5.41, 5.74) is 3.01. The fourth-order valence-electron chi connectivity index (χ4n) is 2.84. The molecule has 24 heavy (non-hydrogen) atoms. The minimum Gasteiger partial charge on any atom is -0.306 e. The van der Waals surface area contributed by atoms with E-state index in [0.29, 0.717) is 4.58 Å². The molecule has 1 amide bonds. The van der Waals surface area contributed by atoms with E-state index in [1.807, 2.05) is 70.9 Å². The molecule has 0 aromatic heterocycles. The van der Waals surface area contributed by atoms with Gasteiger partial charge in [-0.1, -0.05) is 30.3 Å². The molecule has 0 spiro atoms. The van der Waals surface area contributed by atoms with Crippen molar-refractivity contribution in [1.82, 2.24) is 0 Å². The molecule has 0 atom stereocenters. The molecule has 0 saturated carbocycles. The lowest BCUT2D eigenvalue weighted by atomic mass is 10.1. The van der Waals surface area contributed by atoms with Gasteiger partial charge in [-0.3, -0.25) is 4.79 Å². The maximum Gasteiger partial charge on any atom is 0.258 e. The first-order chi connectivity index (χ1) is 11.7. The van der Waals surface area contributed by atoms with Crippen LogP contribution in [0.15, 0.2) is 54.6 Å². The predicted octanol–water partition coefficient (Wildman–Crippen LogP) is 5.61. The molecule has 0 aliphatic carbocycles. The van der Waals surface area contributed by atoms with Crippen LogP contribution in [0.25, 0.3) is 0 Å². The molecule has 1 saturated heterocycles. The molecule has 1 aliphatic heterocycles. The van der Waals surface area contributed by atoms with Crippen LogP contribution in [0.5, 0.6) is 0 Å². The average Bonchev–Trinajstić information content (AvgIpc) is 2.63. The summed E-state index contributed by atoms with van der Waals surface area (Å²) < 4.78 is 0.512. The Balaban J connectivity index is 1.80. The zero-order valence-corrected chi connectivity index (χ0v) is 15.8. The van der Waals surface area contributed by atoms with Gasteiger partial charge >= 0.3 is 0 Å². The molecule has 2 aromatic rings. The first-order valence-electron chi connectivity index (χ1n) is 8.38. The minimum absolute atomic E-state index is 0.0618. The maximum atomic E-state index is 13.0. The minimum atomic E-state index is 0.0618. The van der Waals surface area contributed by atoms with Crippen LogP contribution in [-0.4, -0.2) is 23.5 Å². The summed E-state index contributed by atoms with van der Waals surface area (Å²) >= 11 is 4.01. The Labute approximate surface area is 153 Å². The number of thioether (sulfide) groups is 2. The van der Waals surface area contributed by atoms with Crippen LogP contribution >= 0.6 is 23.5 Å². The summed E-state index contributed by atoms with van der Waals surface area (Å²) in [6.45, 7) is 4.10. The molecule has 0 N–H and O–H groups in total. The summed E-state index contributed by atoms with van der Waals surface area (Å²) in [7, 11) is 0. The van der Waals surface area contributed by atoms with Gasteiger partial charge in [-0.05, 0) is 61.6 Å². The van der Waals surface area contributed by atoms with Crippen LogP contribution in [0.2, 0.25) is 0 Å². The molecule has 0 unspecified atom stereocenters. The van der Waals surface area contributed by atoms with Crippen molar-refractivity contribution in [3.63, 3.8) is 0 Å². The highest BCUT2D eigenvalue weighted by atomic mass is 32.2. The Morgan fingerprint density at radius 3 is 2.21 bits per heavy atom. The Bertz CT molecular complexity index is 664. The van der Waals surface area contributed by atoms with Crippen LogP contribution in [0.4, 0.5) is 5.69 Å². The number of carbonyl (C=O) groups excluding carboxylic acids is 1. The number of benzene rings is 2. The summed E-state index contributed by atoms with van der Waals surface area (Å²) in [6, 6.07) is 18.2. The van der Waals surface area contributed by atoms with Gasteiger partial charge in [-0.15, -0.1) is 23.5 Å². The predicted molar refractivity (Wildman–Crippen MR) is 107 cm³/mol. The number of anilines is 1. The Morgan fingerprint density at radius 1 is 1.00 bits per heavy atom. The molecule has 0 radical (unpaired) electrons. The summed E-state index contributed by atoms with van der Waals surface area (Å²) in [5, 5.41) is 0. The van der Waals surface area contributed by atoms with Crippen LogP contribution in [0.1, 0.15) is 40.8 Å². The summed E-state index contributed by atoms with van der Waals surface area (Å²) in [5.74, 6) is 2.52. The number of rotatable bonds is 4. The summed E-state index contributed by atoms with van der Waals surface area (Å²) in [6.07, 6.45) is 1.29. The van der Waals surface area contributed by atoms with Crippen LogP contribution < -0.4 is 4.90 Å². The monoisotopic (exact) mass is 357 g/mol. The number of carbonyl (C=O) groups is 1. The third-order valence-corrected chi connectivity index (χ3v) is 7.04. The number of nitrogens with zero attached hydrogens (tertiary/aromatic N) is 1. The second kappa shape index (κ2) is 8.13. The van der Waals surface area contributed by atoms with E-state index in [4.69, 9.17) is 0 Å². The second-order valence-electron chi connectivity index (χ2n) is 6.15. The first kappa shape index (κ1) is 17.4. The number of hydrogen-bond donors (Lipinski definition) is 0. The van der Waals surface area contributed by atoms with Crippen molar-refractivity contribution in [2.24, 2.45) is 0 Å². The number of para-hydroxylation sites is 1. The van der Waals surface area contributed by atoms with Gasteiger partial charge in [-0.25, -0.2) is 0 Å². The van der Waals surface area contributed by atoms with Crippen LogP contribution in [0.3, 0.4) is 0 Å². The molecule has 126 valence electrons. The van der Waals surface area contributed by atoms with E-state index in [0.717, 1.165) is 11.3 Å². The van der Waals surface area contributed by atoms with E-state index in [2.05, 4.69) is 26.0 Å². The molecule has 3 rings (SSSR count). The lowest BCUT2D eigenvalue weighted by Gasteiger charge is -2.27. The van der Waals surface area contributed by atoms with Gasteiger partial charge in [0.2, 0.25) is 0 Å². The van der Waals surface area contributed by atoms with Gasteiger partial charge in [0, 0.05) is 17.3 Å². The Morgan fingerprint density at radius 2 is 1.62 bits per heavy atom. The molecule has 4 heteroatoms. The fourth-order valence-corrected chi connectivity index (χ4v) is 5.73. The first-order valence-corrected chi connectivity index (χ1v) is 10.5. The summed E-state index contributed by atoms with van der Waals surface area (Å²) in [4.78, 5) is 14.9. The lowest BCUT2D eigenvalue weighted by Crippen LogP contribution is -2.37. The van der Waals surface area contributed by atoms with Crippen molar-refractivity contribution < 1.29 is 4.79 Å². The number of hydrogen-bond acceptors (Lipinski definition) is 3. The maximum absolute atomic E-state index is 13.0. The van der Waals surface area contributed by atoms with Crippen molar-refractivity contribution >= 4 is 35.1 Å². The standard InChI is InChI=1S/C20H23NOS2/c1-15(2)21(18-7-4-3-5-8-18)19(22)16-9-11-17(12-10-16)20-23-13-6-14-24-20/h3-5,7-12,15,20H,6,13-14H2,1-2H3. The molecular weight excluding hydrogens is 334 g/mol. The third-order valence-electron chi connectivity index (χ3n) is 4.03. The highest BCUT2D eigenvalue weighted by molar-refractivity contribution is 8.16. The quantitative estimate of drug-likeness (QED) is 0.709. The Kier molecular flexibility index (Phi) is 5.90. The molecule has 0 bridgehead atoms. The van der Waals surface area contributed by atoms with Gasteiger partial charge in [-0.2, -0.15) is 0 Å². The number of amides is 1. The van der Waals surface area contributed by atoms with E-state index in [1.165, 1.54) is 23.5 Å². The van der Waals surface area contributed by atoms with Crippen molar-refractivity contribution in [2.45, 2.75) is 30.9 Å². The van der Waals surface area contributed by atoms with Crippen molar-refractivity contribution in [3.8, 4) is 0 Å². The van der Waals surface area contributed by atoms with Gasteiger partial charge in [0.25, 0.3) is 5.91 Å². The van der Waals surface area contributed by atoms with Crippen LogP contribution in [0, 0.1) is 0 Å². The molecular formula is C20H23NOS2. The van der Waals surface area contributed by atoms with E-state index in [1.54, 1.807) is 0 Å². The van der Waals surface area contributed by atoms with E-state index in [-0.39, 0.29) is 11.9 Å². The van der Waals surface area contributed by atoms with Crippen LogP contribution in [-0.2, 0) is 0 Å². The lowest BCUT2D eigenvalue weighted by molar-refractivity contribution is 0.0980. The van der Waals surface area contributed by atoms with E-state index in [9.17, 15) is 4.79 Å². The van der Waals surface area contributed by atoms with Gasteiger partial charge < -0.3 is 4.90 Å². The van der Waals surface area contributed by atoms with Crippen molar-refractivity contribution in [1.29, 1.82) is 0 Å². The SMILES string of the molecule is CC(C)N(C(=O)c1ccc(C2SCCCS2)cc1)c1ccccc1. The smallest absolute Gasteiger partial charge is 0.258 e. The average molecular weight is 358 g/mol. The van der Waals surface area contributed by atoms with Gasteiger partial charge in [0.15, 0.2) is 0 Å². The third kappa shape index (κ3) is 3.98. The molecule has 1 heterocycles. The van der Waals surface area contributed by atoms with Gasteiger partial charge in [0.05, 0.1) is 4.58 Å². The Hall–Kier alpha value is -1.39. The van der Waals surface area contributed by atoms with Gasteiger partial charge in [0.1, 0.15) is 0 Å². The fraction of sp³-hybridized carbons (Fsp3) is 0.350. The topological polar surface area (TPSA) is 20.3 Å². The molecule has 1 aliphatic rings. The van der Waals surface area contributed by atoms with E-state index >= 15 is 0 Å². The highest BCUT2D eigenvalue weighted by Crippen LogP contribution is 2.43. The molecule has 2 aromatic carbocycles.